The summed E-state index contributed by atoms with van der Waals surface area (Å²) in [5.74, 6) is -1.13. The summed E-state index contributed by atoms with van der Waals surface area (Å²) in [5, 5.41) is 14.1. The highest BCUT2D eigenvalue weighted by Crippen LogP contribution is 2.18. The van der Waals surface area contributed by atoms with Crippen molar-refractivity contribution in [2.24, 2.45) is 0 Å². The molecule has 6 heteroatoms. The molecule has 0 spiro atoms. The van der Waals surface area contributed by atoms with E-state index in [1.165, 1.54) is 18.2 Å². The number of urea groups is 1. The number of carboxylic acids is 1. The van der Waals surface area contributed by atoms with Gasteiger partial charge in [0.2, 0.25) is 0 Å². The molecular weight excluding hydrogens is 234 g/mol. The van der Waals surface area contributed by atoms with Crippen molar-refractivity contribution < 1.29 is 14.7 Å². The number of benzene rings is 1. The van der Waals surface area contributed by atoms with E-state index in [0.717, 1.165) is 12.8 Å². The van der Waals surface area contributed by atoms with E-state index in [2.05, 4.69) is 10.6 Å². The number of rotatable bonds is 5. The fraction of sp³-hybridized carbons (Fsp3) is 0.333. The van der Waals surface area contributed by atoms with E-state index < -0.39 is 12.0 Å². The maximum Gasteiger partial charge on any atom is 0.337 e. The number of hydrogen-bond acceptors (Lipinski definition) is 3. The van der Waals surface area contributed by atoms with E-state index in [0.29, 0.717) is 12.2 Å². The molecule has 2 amide bonds. The van der Waals surface area contributed by atoms with Crippen LogP contribution >= 0.6 is 0 Å². The van der Waals surface area contributed by atoms with Crippen molar-refractivity contribution in [3.8, 4) is 0 Å². The molecular formula is C12H17N3O3. The predicted molar refractivity (Wildman–Crippen MR) is 69.7 cm³/mol. The Morgan fingerprint density at radius 3 is 2.72 bits per heavy atom. The van der Waals surface area contributed by atoms with Gasteiger partial charge >= 0.3 is 12.0 Å². The molecule has 0 atom stereocenters. The number of nitrogens with one attached hydrogen (secondary N) is 2. The van der Waals surface area contributed by atoms with Gasteiger partial charge in [0.05, 0.1) is 11.3 Å². The molecule has 6 nitrogen and oxygen atoms in total. The van der Waals surface area contributed by atoms with Gasteiger partial charge in [-0.05, 0) is 24.6 Å². The third-order valence-corrected chi connectivity index (χ3v) is 2.34. The van der Waals surface area contributed by atoms with Gasteiger partial charge in [-0.3, -0.25) is 0 Å². The summed E-state index contributed by atoms with van der Waals surface area (Å²) < 4.78 is 0. The van der Waals surface area contributed by atoms with Crippen molar-refractivity contribution >= 4 is 23.4 Å². The van der Waals surface area contributed by atoms with Gasteiger partial charge in [-0.15, -0.1) is 0 Å². The second-order valence-electron chi connectivity index (χ2n) is 3.84. The van der Waals surface area contributed by atoms with Crippen LogP contribution in [0.3, 0.4) is 0 Å². The van der Waals surface area contributed by atoms with E-state index in [1.54, 1.807) is 0 Å². The van der Waals surface area contributed by atoms with Gasteiger partial charge in [-0.2, -0.15) is 0 Å². The van der Waals surface area contributed by atoms with Crippen LogP contribution in [-0.2, 0) is 0 Å². The van der Waals surface area contributed by atoms with E-state index in [1.807, 2.05) is 6.92 Å². The normalized spacial score (nSPS) is 9.83. The van der Waals surface area contributed by atoms with Gasteiger partial charge in [0.15, 0.2) is 0 Å². The lowest BCUT2D eigenvalue weighted by molar-refractivity contribution is 0.0698. The molecule has 0 aliphatic carbocycles. The summed E-state index contributed by atoms with van der Waals surface area (Å²) in [4.78, 5) is 22.5. The summed E-state index contributed by atoms with van der Waals surface area (Å²) >= 11 is 0. The average molecular weight is 251 g/mol. The third kappa shape index (κ3) is 3.97. The van der Waals surface area contributed by atoms with Crippen LogP contribution in [0.1, 0.15) is 30.1 Å². The summed E-state index contributed by atoms with van der Waals surface area (Å²) in [7, 11) is 0. The largest absolute Gasteiger partial charge is 0.478 e. The first-order valence-electron chi connectivity index (χ1n) is 5.72. The zero-order chi connectivity index (χ0) is 13.5. The summed E-state index contributed by atoms with van der Waals surface area (Å²) in [6.07, 6.45) is 1.85. The van der Waals surface area contributed by atoms with Crippen molar-refractivity contribution in [3.05, 3.63) is 23.8 Å². The maximum absolute atomic E-state index is 11.5. The molecule has 0 saturated heterocycles. The summed E-state index contributed by atoms with van der Waals surface area (Å²) in [5.41, 5.74) is 6.04. The van der Waals surface area contributed by atoms with Crippen molar-refractivity contribution in [1.29, 1.82) is 0 Å². The lowest BCUT2D eigenvalue weighted by Gasteiger charge is -2.10. The highest BCUT2D eigenvalue weighted by molar-refractivity contribution is 6.00. The Bertz CT molecular complexity index is 446. The van der Waals surface area contributed by atoms with Crippen molar-refractivity contribution in [2.75, 3.05) is 17.6 Å². The minimum Gasteiger partial charge on any atom is -0.478 e. The van der Waals surface area contributed by atoms with Crippen LogP contribution in [-0.4, -0.2) is 23.7 Å². The SMILES string of the molecule is CCCCNC(=O)Nc1ccc(N)cc1C(=O)O. The predicted octanol–water partition coefficient (Wildman–Crippen LogP) is 1.89. The van der Waals surface area contributed by atoms with Crippen LogP contribution in [0.2, 0.25) is 0 Å². The molecule has 0 bridgehead atoms. The number of anilines is 2. The first-order valence-corrected chi connectivity index (χ1v) is 5.72. The van der Waals surface area contributed by atoms with E-state index in [4.69, 9.17) is 10.8 Å². The Hall–Kier alpha value is -2.24. The maximum atomic E-state index is 11.5. The third-order valence-electron chi connectivity index (χ3n) is 2.34. The number of carbonyl (C=O) groups is 2. The zero-order valence-corrected chi connectivity index (χ0v) is 10.2. The standard InChI is InChI=1S/C12H17N3O3/c1-2-3-6-14-12(18)15-10-5-4-8(13)7-9(10)11(16)17/h4-5,7H,2-3,6,13H2,1H3,(H,16,17)(H2,14,15,18). The second-order valence-corrected chi connectivity index (χ2v) is 3.84. The Balaban J connectivity index is 2.72. The molecule has 5 N–H and O–H groups in total. The Morgan fingerprint density at radius 1 is 1.39 bits per heavy atom. The Morgan fingerprint density at radius 2 is 2.11 bits per heavy atom. The van der Waals surface area contributed by atoms with E-state index in [-0.39, 0.29) is 11.3 Å². The summed E-state index contributed by atoms with van der Waals surface area (Å²) in [6, 6.07) is 3.90. The van der Waals surface area contributed by atoms with E-state index in [9.17, 15) is 9.59 Å². The van der Waals surface area contributed by atoms with Crippen LogP contribution in [0.4, 0.5) is 16.2 Å². The fourth-order valence-electron chi connectivity index (χ4n) is 1.39. The van der Waals surface area contributed by atoms with Gasteiger partial charge in [-0.1, -0.05) is 13.3 Å². The molecule has 0 saturated carbocycles. The Labute approximate surface area is 105 Å². The molecule has 18 heavy (non-hydrogen) atoms. The van der Waals surface area contributed by atoms with Crippen molar-refractivity contribution in [1.82, 2.24) is 5.32 Å². The lowest BCUT2D eigenvalue weighted by atomic mass is 10.1. The van der Waals surface area contributed by atoms with Crippen molar-refractivity contribution in [2.45, 2.75) is 19.8 Å². The number of carboxylic acid groups (broad SMARTS) is 1. The molecule has 1 aromatic rings. The number of nitrogens with two attached hydrogens (primary N) is 1. The lowest BCUT2D eigenvalue weighted by Crippen LogP contribution is -2.30. The molecule has 0 radical (unpaired) electrons. The molecule has 1 rings (SSSR count). The van der Waals surface area contributed by atoms with Crippen LogP contribution < -0.4 is 16.4 Å². The van der Waals surface area contributed by atoms with Gasteiger partial charge in [0.25, 0.3) is 0 Å². The number of nitrogen functional groups attached to an aromatic ring is 1. The number of unbranched alkanes of at least 4 members (excludes halogenated alkanes) is 1. The number of carbonyl (C=O) groups excluding carboxylic acids is 1. The first-order chi connectivity index (χ1) is 8.54. The number of amides is 2. The minimum absolute atomic E-state index is 0.0272. The highest BCUT2D eigenvalue weighted by atomic mass is 16.4. The molecule has 0 aromatic heterocycles. The minimum atomic E-state index is -1.13. The Kier molecular flexibility index (Phi) is 4.98. The van der Waals surface area contributed by atoms with Gasteiger partial charge < -0.3 is 21.5 Å². The molecule has 0 aliphatic rings. The van der Waals surface area contributed by atoms with Crippen molar-refractivity contribution in [3.63, 3.8) is 0 Å². The van der Waals surface area contributed by atoms with Crippen LogP contribution in [0.5, 0.6) is 0 Å². The first kappa shape index (κ1) is 13.8. The molecule has 1 aromatic carbocycles. The monoisotopic (exact) mass is 251 g/mol. The average Bonchev–Trinajstić information content (AvgIpc) is 2.31. The molecule has 0 heterocycles. The van der Waals surface area contributed by atoms with E-state index >= 15 is 0 Å². The number of aromatic carboxylic acids is 1. The van der Waals surface area contributed by atoms with Gasteiger partial charge in [-0.25, -0.2) is 9.59 Å². The number of hydrogen-bond donors (Lipinski definition) is 4. The highest BCUT2D eigenvalue weighted by Gasteiger charge is 2.12. The van der Waals surface area contributed by atoms with Gasteiger partial charge in [0, 0.05) is 12.2 Å². The smallest absolute Gasteiger partial charge is 0.337 e. The summed E-state index contributed by atoms with van der Waals surface area (Å²) in [6.45, 7) is 2.57. The fourth-order valence-corrected chi connectivity index (χ4v) is 1.39. The van der Waals surface area contributed by atoms with Gasteiger partial charge in [0.1, 0.15) is 0 Å². The second kappa shape index (κ2) is 6.48. The van der Waals surface area contributed by atoms with Crippen LogP contribution in [0.15, 0.2) is 18.2 Å². The quantitative estimate of drug-likeness (QED) is 0.473. The molecule has 0 aliphatic heterocycles. The topological polar surface area (TPSA) is 104 Å². The molecule has 0 unspecified atom stereocenters. The molecule has 0 fully saturated rings. The van der Waals surface area contributed by atoms with Crippen LogP contribution in [0, 0.1) is 0 Å². The van der Waals surface area contributed by atoms with Crippen LogP contribution in [0.25, 0.3) is 0 Å². The zero-order valence-electron chi connectivity index (χ0n) is 10.2. The molecule has 98 valence electrons.